The average molecular weight is 414 g/mol. The Bertz CT molecular complexity index is 942. The first-order valence-corrected chi connectivity index (χ1v) is 10.2. The van der Waals surface area contributed by atoms with Crippen molar-refractivity contribution in [3.63, 3.8) is 0 Å². The molecule has 2 saturated heterocycles. The maximum absolute atomic E-state index is 13.4. The van der Waals surface area contributed by atoms with Crippen molar-refractivity contribution in [1.82, 2.24) is 24.5 Å². The van der Waals surface area contributed by atoms with E-state index in [0.717, 1.165) is 24.5 Å². The molecule has 10 nitrogen and oxygen atoms in total. The van der Waals surface area contributed by atoms with Crippen LogP contribution in [0.2, 0.25) is 0 Å². The minimum absolute atomic E-state index is 0.261. The molecule has 0 saturated carbocycles. The van der Waals surface area contributed by atoms with Gasteiger partial charge < -0.3 is 4.74 Å². The lowest BCUT2D eigenvalue weighted by Crippen LogP contribution is -2.63. The van der Waals surface area contributed by atoms with Crippen molar-refractivity contribution in [2.45, 2.75) is 19.9 Å². The van der Waals surface area contributed by atoms with Gasteiger partial charge in [0, 0.05) is 33.2 Å². The second-order valence-electron chi connectivity index (χ2n) is 7.74. The molecule has 4 rings (SSSR count). The summed E-state index contributed by atoms with van der Waals surface area (Å²) in [5.74, 6) is 0.698. The van der Waals surface area contributed by atoms with Gasteiger partial charge in [-0.2, -0.15) is 0 Å². The van der Waals surface area contributed by atoms with E-state index in [1.54, 1.807) is 17.8 Å². The van der Waals surface area contributed by atoms with Crippen LogP contribution in [0.15, 0.2) is 23.7 Å². The number of amidine groups is 1. The molecule has 0 aromatic carbocycles. The SMILES string of the molecule is C=CC[N+]1=C(n2nc(C)cc2C)N=C2C1C(=O)N(CCN1CCOCC1)C(=O)N2C. The standard InChI is InChI=1S/C20H28N7O3/c1-5-6-25-16-17(21-19(25)27-15(3)13-14(2)22-27)23(4)20(29)26(18(16)28)8-7-24-9-11-30-12-10-24/h5,13,16H,1,6-12H2,2-4H3/q+1. The molecule has 0 spiro atoms. The van der Waals surface area contributed by atoms with Crippen molar-refractivity contribution in [2.24, 2.45) is 4.99 Å². The van der Waals surface area contributed by atoms with Crippen LogP contribution in [0.5, 0.6) is 0 Å². The van der Waals surface area contributed by atoms with E-state index >= 15 is 0 Å². The molecule has 1 aromatic heterocycles. The molecule has 0 N–H and O–H groups in total. The summed E-state index contributed by atoms with van der Waals surface area (Å²) in [5.41, 5.74) is 1.77. The van der Waals surface area contributed by atoms with Gasteiger partial charge in [-0.15, -0.1) is 9.78 Å². The van der Waals surface area contributed by atoms with Crippen molar-refractivity contribution < 1.29 is 18.9 Å². The van der Waals surface area contributed by atoms with E-state index in [9.17, 15) is 9.59 Å². The molecular formula is C20H28N7O3+. The van der Waals surface area contributed by atoms with E-state index in [-0.39, 0.29) is 11.9 Å². The number of urea groups is 1. The van der Waals surface area contributed by atoms with E-state index in [4.69, 9.17) is 4.74 Å². The molecular weight excluding hydrogens is 386 g/mol. The van der Waals surface area contributed by atoms with Crippen LogP contribution in [0.1, 0.15) is 11.4 Å². The number of hydrogen-bond donors (Lipinski definition) is 0. The van der Waals surface area contributed by atoms with Crippen LogP contribution in [0, 0.1) is 13.8 Å². The number of morpholine rings is 1. The maximum atomic E-state index is 13.4. The number of fused-ring (bicyclic) bond motifs is 1. The van der Waals surface area contributed by atoms with E-state index < -0.39 is 6.04 Å². The lowest BCUT2D eigenvalue weighted by atomic mass is 10.1. The van der Waals surface area contributed by atoms with Crippen molar-refractivity contribution >= 4 is 23.7 Å². The molecule has 0 radical (unpaired) electrons. The predicted molar refractivity (Wildman–Crippen MR) is 111 cm³/mol. The van der Waals surface area contributed by atoms with Crippen molar-refractivity contribution in [2.75, 3.05) is 53.0 Å². The molecule has 0 bridgehead atoms. The van der Waals surface area contributed by atoms with Gasteiger partial charge >= 0.3 is 12.0 Å². The summed E-state index contributed by atoms with van der Waals surface area (Å²) >= 11 is 0. The zero-order valence-electron chi connectivity index (χ0n) is 17.7. The summed E-state index contributed by atoms with van der Waals surface area (Å²) in [5, 5.41) is 4.52. The zero-order valence-corrected chi connectivity index (χ0v) is 17.7. The van der Waals surface area contributed by atoms with E-state index in [2.05, 4.69) is 21.6 Å². The number of imide groups is 1. The van der Waals surface area contributed by atoms with Gasteiger partial charge in [0.1, 0.15) is 5.69 Å². The first kappa shape index (κ1) is 20.4. The highest BCUT2D eigenvalue weighted by atomic mass is 16.5. The van der Waals surface area contributed by atoms with Gasteiger partial charge in [0.25, 0.3) is 5.91 Å². The molecule has 0 aliphatic carbocycles. The van der Waals surface area contributed by atoms with Crippen molar-refractivity contribution in [3.8, 4) is 0 Å². The number of aliphatic imine (C=N–C) groups is 1. The predicted octanol–water partition coefficient (Wildman–Crippen LogP) is -0.0906. The van der Waals surface area contributed by atoms with Crippen LogP contribution in [-0.4, -0.2) is 112 Å². The Morgan fingerprint density at radius 1 is 1.27 bits per heavy atom. The number of carbonyl (C=O) groups is 2. The number of rotatable bonds is 5. The van der Waals surface area contributed by atoms with E-state index in [1.165, 1.54) is 9.80 Å². The third kappa shape index (κ3) is 3.46. The highest BCUT2D eigenvalue weighted by Gasteiger charge is 2.52. The molecule has 4 heterocycles. The summed E-state index contributed by atoms with van der Waals surface area (Å²) in [6, 6.07) is 0.928. The van der Waals surface area contributed by atoms with Crippen LogP contribution < -0.4 is 0 Å². The van der Waals surface area contributed by atoms with Gasteiger partial charge in [0.15, 0.2) is 0 Å². The van der Waals surface area contributed by atoms with Gasteiger partial charge in [0.05, 0.1) is 25.5 Å². The third-order valence-electron chi connectivity index (χ3n) is 5.66. The molecule has 3 aliphatic rings. The number of nitrogens with zero attached hydrogens (tertiary/aromatic N) is 7. The molecule has 1 unspecified atom stereocenters. The molecule has 30 heavy (non-hydrogen) atoms. The highest BCUT2D eigenvalue weighted by molar-refractivity contribution is 6.23. The second kappa shape index (κ2) is 8.11. The van der Waals surface area contributed by atoms with Crippen LogP contribution in [0.4, 0.5) is 4.79 Å². The molecule has 160 valence electrons. The fourth-order valence-electron chi connectivity index (χ4n) is 4.10. The number of carbonyl (C=O) groups excluding carboxylic acids is 2. The summed E-state index contributed by atoms with van der Waals surface area (Å²) in [6.07, 6.45) is 1.73. The van der Waals surface area contributed by atoms with Crippen molar-refractivity contribution in [3.05, 3.63) is 30.1 Å². The summed E-state index contributed by atoms with van der Waals surface area (Å²) in [4.78, 5) is 36.1. The summed E-state index contributed by atoms with van der Waals surface area (Å²) in [7, 11) is 1.67. The smallest absolute Gasteiger partial charge is 0.379 e. The van der Waals surface area contributed by atoms with Gasteiger partial charge in [-0.05, 0) is 19.9 Å². The average Bonchev–Trinajstić information content (AvgIpc) is 3.27. The number of ether oxygens (including phenoxy) is 1. The summed E-state index contributed by atoms with van der Waals surface area (Å²) < 4.78 is 8.95. The Hall–Kier alpha value is -2.85. The van der Waals surface area contributed by atoms with Crippen molar-refractivity contribution in [1.29, 1.82) is 0 Å². The van der Waals surface area contributed by atoms with E-state index in [1.807, 2.05) is 24.5 Å². The van der Waals surface area contributed by atoms with Gasteiger partial charge in [-0.3, -0.25) is 19.5 Å². The van der Waals surface area contributed by atoms with Gasteiger partial charge in [-0.25, -0.2) is 9.37 Å². The number of hydrogen-bond acceptors (Lipinski definition) is 6. The summed E-state index contributed by atoms with van der Waals surface area (Å²) in [6.45, 7) is 12.0. The van der Waals surface area contributed by atoms with Gasteiger partial charge in [-0.1, -0.05) is 17.6 Å². The monoisotopic (exact) mass is 414 g/mol. The largest absolute Gasteiger partial charge is 0.421 e. The Labute approximate surface area is 175 Å². The number of aromatic nitrogens is 2. The first-order valence-electron chi connectivity index (χ1n) is 10.2. The Balaban J connectivity index is 1.65. The number of aryl methyl sites for hydroxylation is 2. The molecule has 3 amide bonds. The number of amides is 3. The normalized spacial score (nSPS) is 22.6. The fourth-order valence-corrected chi connectivity index (χ4v) is 4.10. The van der Waals surface area contributed by atoms with Crippen LogP contribution in [0.25, 0.3) is 0 Å². The Kier molecular flexibility index (Phi) is 5.52. The number of likely N-dealkylation sites (N-methyl/N-ethyl adjacent to an activating group) is 1. The minimum Gasteiger partial charge on any atom is -0.379 e. The minimum atomic E-state index is -0.672. The first-order chi connectivity index (χ1) is 14.4. The molecule has 1 atom stereocenters. The Morgan fingerprint density at radius 2 is 2.00 bits per heavy atom. The molecule has 10 heteroatoms. The zero-order chi connectivity index (χ0) is 21.4. The third-order valence-corrected chi connectivity index (χ3v) is 5.66. The maximum Gasteiger partial charge on any atom is 0.421 e. The molecule has 3 aliphatic heterocycles. The highest BCUT2D eigenvalue weighted by Crippen LogP contribution is 2.21. The molecule has 2 fully saturated rings. The second-order valence-corrected chi connectivity index (χ2v) is 7.74. The topological polar surface area (TPSA) is 86.3 Å². The van der Waals surface area contributed by atoms with Crippen LogP contribution in [-0.2, 0) is 9.53 Å². The molecule has 1 aromatic rings. The van der Waals surface area contributed by atoms with Crippen LogP contribution >= 0.6 is 0 Å². The lowest BCUT2D eigenvalue weighted by Gasteiger charge is -2.35. The lowest BCUT2D eigenvalue weighted by molar-refractivity contribution is -0.527. The Morgan fingerprint density at radius 3 is 2.63 bits per heavy atom. The van der Waals surface area contributed by atoms with Crippen LogP contribution in [0.3, 0.4) is 0 Å². The van der Waals surface area contributed by atoms with E-state index in [0.29, 0.717) is 44.6 Å². The quantitative estimate of drug-likeness (QED) is 0.497. The van der Waals surface area contributed by atoms with Gasteiger partial charge in [0.2, 0.25) is 11.9 Å². The fraction of sp³-hybridized carbons (Fsp3) is 0.550.